The number of piperidine rings is 2. The lowest BCUT2D eigenvalue weighted by Crippen LogP contribution is -2.45. The molecule has 2 aliphatic rings. The van der Waals surface area contributed by atoms with E-state index in [-0.39, 0.29) is 5.91 Å². The van der Waals surface area contributed by atoms with Crippen molar-refractivity contribution in [2.24, 2.45) is 17.6 Å². The molecule has 1 aromatic carbocycles. The maximum atomic E-state index is 12.7. The van der Waals surface area contributed by atoms with Gasteiger partial charge in [0.05, 0.1) is 12.1 Å². The molecule has 2 aliphatic heterocycles. The van der Waals surface area contributed by atoms with Crippen LogP contribution in [0.2, 0.25) is 0 Å². The van der Waals surface area contributed by atoms with Crippen LogP contribution in [0, 0.1) is 11.8 Å². The first-order chi connectivity index (χ1) is 15.0. The monoisotopic (exact) mass is 423 g/mol. The Balaban J connectivity index is 1.39. The van der Waals surface area contributed by atoms with E-state index in [1.165, 1.54) is 23.8 Å². The number of aromatic nitrogens is 1. The summed E-state index contributed by atoms with van der Waals surface area (Å²) in [4.78, 5) is 22.0. The Kier molecular flexibility index (Phi) is 7.20. The predicted octanol–water partition coefficient (Wildman–Crippen LogP) is 2.58. The highest BCUT2D eigenvalue weighted by molar-refractivity contribution is 5.85. The zero-order valence-corrected chi connectivity index (χ0v) is 19.0. The van der Waals surface area contributed by atoms with Gasteiger partial charge in [0.25, 0.3) is 0 Å². The van der Waals surface area contributed by atoms with Gasteiger partial charge in [0.1, 0.15) is 0 Å². The van der Waals surface area contributed by atoms with E-state index in [1.807, 2.05) is 12.3 Å². The van der Waals surface area contributed by atoms with E-state index in [0.717, 1.165) is 50.2 Å². The van der Waals surface area contributed by atoms with Crippen LogP contribution in [-0.4, -0.2) is 67.0 Å². The molecular formula is C25H37N5O. The van der Waals surface area contributed by atoms with Gasteiger partial charge in [0, 0.05) is 37.8 Å². The fourth-order valence-electron chi connectivity index (χ4n) is 5.37. The summed E-state index contributed by atoms with van der Waals surface area (Å²) in [5, 5.41) is 4.41. The number of nitrogens with one attached hydrogen (secondary N) is 1. The maximum absolute atomic E-state index is 12.7. The Morgan fingerprint density at radius 3 is 2.81 bits per heavy atom. The molecule has 2 aromatic rings. The second-order valence-corrected chi connectivity index (χ2v) is 9.70. The number of fused-ring (bicyclic) bond motifs is 1. The first-order valence-electron chi connectivity index (χ1n) is 11.8. The molecule has 2 saturated heterocycles. The third-order valence-electron chi connectivity index (χ3n) is 7.08. The van der Waals surface area contributed by atoms with Gasteiger partial charge >= 0.3 is 0 Å². The lowest BCUT2D eigenvalue weighted by Gasteiger charge is -2.37. The lowest BCUT2D eigenvalue weighted by atomic mass is 9.83. The SMILES string of the molecule is C[C@@H]1C[C@H](c2ccc(CN)c3ncccc23)CN(CC(=O)NCC2CCN(C)CC2)C1. The number of amides is 1. The number of carbonyl (C=O) groups excluding carboxylic acids is 1. The van der Waals surface area contributed by atoms with Crippen molar-refractivity contribution in [3.05, 3.63) is 41.6 Å². The number of likely N-dealkylation sites (tertiary alicyclic amines) is 2. The third kappa shape index (κ3) is 5.43. The highest BCUT2D eigenvalue weighted by Crippen LogP contribution is 2.34. The zero-order chi connectivity index (χ0) is 21.8. The minimum absolute atomic E-state index is 0.164. The summed E-state index contributed by atoms with van der Waals surface area (Å²) in [6, 6.07) is 8.53. The van der Waals surface area contributed by atoms with Crippen molar-refractivity contribution < 1.29 is 4.79 Å². The predicted molar refractivity (Wildman–Crippen MR) is 126 cm³/mol. The molecule has 2 fully saturated rings. The Morgan fingerprint density at radius 2 is 2.03 bits per heavy atom. The highest BCUT2D eigenvalue weighted by atomic mass is 16.2. The molecule has 0 spiro atoms. The third-order valence-corrected chi connectivity index (χ3v) is 7.08. The number of hydrogen-bond acceptors (Lipinski definition) is 5. The summed E-state index contributed by atoms with van der Waals surface area (Å²) in [6.07, 6.45) is 5.34. The molecule has 31 heavy (non-hydrogen) atoms. The quantitative estimate of drug-likeness (QED) is 0.747. The van der Waals surface area contributed by atoms with Crippen LogP contribution >= 0.6 is 0 Å². The Hall–Kier alpha value is -2.02. The Morgan fingerprint density at radius 1 is 1.23 bits per heavy atom. The average molecular weight is 424 g/mol. The maximum Gasteiger partial charge on any atom is 0.234 e. The van der Waals surface area contributed by atoms with Gasteiger partial charge in [-0.3, -0.25) is 14.7 Å². The van der Waals surface area contributed by atoms with Crippen molar-refractivity contribution in [1.82, 2.24) is 20.1 Å². The summed E-state index contributed by atoms with van der Waals surface area (Å²) in [5.74, 6) is 1.75. The first kappa shape index (κ1) is 22.2. The van der Waals surface area contributed by atoms with Crippen molar-refractivity contribution in [3.63, 3.8) is 0 Å². The number of hydrogen-bond donors (Lipinski definition) is 2. The molecule has 4 rings (SSSR count). The van der Waals surface area contributed by atoms with Crippen LogP contribution in [0.4, 0.5) is 0 Å². The van der Waals surface area contributed by atoms with Gasteiger partial charge in [-0.25, -0.2) is 0 Å². The number of pyridine rings is 1. The van der Waals surface area contributed by atoms with Crippen LogP contribution in [0.15, 0.2) is 30.5 Å². The second kappa shape index (κ2) is 10.1. The van der Waals surface area contributed by atoms with Gasteiger partial charge in [-0.15, -0.1) is 0 Å². The smallest absolute Gasteiger partial charge is 0.234 e. The molecule has 168 valence electrons. The molecule has 0 bridgehead atoms. The average Bonchev–Trinajstić information content (AvgIpc) is 2.77. The minimum atomic E-state index is 0.164. The first-order valence-corrected chi connectivity index (χ1v) is 11.8. The minimum Gasteiger partial charge on any atom is -0.355 e. The van der Waals surface area contributed by atoms with Gasteiger partial charge in [-0.05, 0) is 74.3 Å². The highest BCUT2D eigenvalue weighted by Gasteiger charge is 2.28. The molecule has 0 saturated carbocycles. The van der Waals surface area contributed by atoms with E-state index in [2.05, 4.69) is 52.3 Å². The van der Waals surface area contributed by atoms with E-state index in [1.54, 1.807) is 0 Å². The molecule has 3 N–H and O–H groups in total. The molecule has 6 heteroatoms. The molecule has 0 unspecified atom stereocenters. The van der Waals surface area contributed by atoms with E-state index in [0.29, 0.717) is 30.8 Å². The van der Waals surface area contributed by atoms with Gasteiger partial charge in [-0.1, -0.05) is 25.1 Å². The topological polar surface area (TPSA) is 74.5 Å². The normalized spacial score (nSPS) is 23.8. The molecule has 1 aromatic heterocycles. The Bertz CT molecular complexity index is 893. The fourth-order valence-corrected chi connectivity index (χ4v) is 5.37. The van der Waals surface area contributed by atoms with Crippen molar-refractivity contribution in [3.8, 4) is 0 Å². The second-order valence-electron chi connectivity index (χ2n) is 9.70. The van der Waals surface area contributed by atoms with E-state index in [4.69, 9.17) is 5.73 Å². The van der Waals surface area contributed by atoms with Crippen LogP contribution in [-0.2, 0) is 11.3 Å². The van der Waals surface area contributed by atoms with Gasteiger partial charge in [0.15, 0.2) is 0 Å². The van der Waals surface area contributed by atoms with E-state index < -0.39 is 0 Å². The van der Waals surface area contributed by atoms with Gasteiger partial charge in [-0.2, -0.15) is 0 Å². The fraction of sp³-hybridized carbons (Fsp3) is 0.600. The largest absolute Gasteiger partial charge is 0.355 e. The Labute approximate surface area is 186 Å². The van der Waals surface area contributed by atoms with Crippen molar-refractivity contribution in [1.29, 1.82) is 0 Å². The standard InChI is InChI=1S/C25H37N5O/c1-18-12-21(22-6-5-20(13-26)25-23(22)4-3-9-27-25)16-30(15-18)17-24(31)28-14-19-7-10-29(2)11-8-19/h3-6,9,18-19,21H,7-8,10-17,26H2,1-2H3,(H,28,31)/t18-,21+/m1/s1. The van der Waals surface area contributed by atoms with Crippen LogP contribution in [0.1, 0.15) is 43.2 Å². The molecule has 6 nitrogen and oxygen atoms in total. The summed E-state index contributed by atoms with van der Waals surface area (Å²) in [5.41, 5.74) is 9.38. The van der Waals surface area contributed by atoms with E-state index >= 15 is 0 Å². The van der Waals surface area contributed by atoms with Crippen LogP contribution < -0.4 is 11.1 Å². The van der Waals surface area contributed by atoms with Gasteiger partial charge in [0.2, 0.25) is 5.91 Å². The van der Waals surface area contributed by atoms with Crippen molar-refractivity contribution in [2.75, 3.05) is 46.3 Å². The summed E-state index contributed by atoms with van der Waals surface area (Å²) in [7, 11) is 2.17. The molecule has 1 amide bonds. The number of nitrogens with two attached hydrogens (primary N) is 1. The summed E-state index contributed by atoms with van der Waals surface area (Å²) >= 11 is 0. The van der Waals surface area contributed by atoms with Gasteiger partial charge < -0.3 is 16.0 Å². The molecular weight excluding hydrogens is 386 g/mol. The molecule has 3 heterocycles. The number of benzene rings is 1. The van der Waals surface area contributed by atoms with Crippen molar-refractivity contribution >= 4 is 16.8 Å². The van der Waals surface area contributed by atoms with Crippen LogP contribution in [0.3, 0.4) is 0 Å². The number of carbonyl (C=O) groups is 1. The number of nitrogens with zero attached hydrogens (tertiary/aromatic N) is 3. The van der Waals surface area contributed by atoms with Crippen molar-refractivity contribution in [2.45, 2.75) is 38.6 Å². The van der Waals surface area contributed by atoms with Crippen LogP contribution in [0.25, 0.3) is 10.9 Å². The van der Waals surface area contributed by atoms with E-state index in [9.17, 15) is 4.79 Å². The zero-order valence-electron chi connectivity index (χ0n) is 19.0. The number of rotatable bonds is 6. The van der Waals surface area contributed by atoms with Crippen LogP contribution in [0.5, 0.6) is 0 Å². The molecule has 2 atom stereocenters. The molecule has 0 aliphatic carbocycles. The molecule has 0 radical (unpaired) electrons. The summed E-state index contributed by atoms with van der Waals surface area (Å²) < 4.78 is 0. The lowest BCUT2D eigenvalue weighted by molar-refractivity contribution is -0.123. The summed E-state index contributed by atoms with van der Waals surface area (Å²) in [6.45, 7) is 8.27.